The van der Waals surface area contributed by atoms with E-state index in [0.29, 0.717) is 17.7 Å². The van der Waals surface area contributed by atoms with Gasteiger partial charge < -0.3 is 9.47 Å². The van der Waals surface area contributed by atoms with E-state index in [0.717, 1.165) is 6.42 Å². The van der Waals surface area contributed by atoms with Crippen LogP contribution in [0.3, 0.4) is 0 Å². The van der Waals surface area contributed by atoms with Crippen molar-refractivity contribution in [2.24, 2.45) is 0 Å². The van der Waals surface area contributed by atoms with Crippen molar-refractivity contribution in [3.05, 3.63) is 102 Å². The monoisotopic (exact) mass is 374 g/mol. The van der Waals surface area contributed by atoms with Crippen molar-refractivity contribution in [2.45, 2.75) is 18.8 Å². The predicted molar refractivity (Wildman–Crippen MR) is 107 cm³/mol. The fraction of sp³-hybridized carbons (Fsp3) is 0.167. The Balaban J connectivity index is 1.63. The molecule has 0 saturated carbocycles. The zero-order valence-electron chi connectivity index (χ0n) is 15.5. The van der Waals surface area contributed by atoms with E-state index in [9.17, 15) is 9.59 Å². The van der Waals surface area contributed by atoms with Crippen molar-refractivity contribution < 1.29 is 19.1 Å². The second-order valence-corrected chi connectivity index (χ2v) is 6.33. The van der Waals surface area contributed by atoms with E-state index < -0.39 is 17.9 Å². The minimum atomic E-state index is -1.11. The highest BCUT2D eigenvalue weighted by atomic mass is 16.6. The maximum absolute atomic E-state index is 12.7. The zero-order valence-corrected chi connectivity index (χ0v) is 15.5. The number of hydrogen-bond donors (Lipinski definition) is 0. The molecule has 4 heteroatoms. The molecule has 0 spiro atoms. The van der Waals surface area contributed by atoms with E-state index in [1.54, 1.807) is 48.5 Å². The second kappa shape index (κ2) is 10.1. The Kier molecular flexibility index (Phi) is 6.96. The van der Waals surface area contributed by atoms with Crippen LogP contribution in [0, 0.1) is 0 Å². The van der Waals surface area contributed by atoms with Gasteiger partial charge in [0.1, 0.15) is 5.75 Å². The number of carbonyl (C=O) groups is 2. The van der Waals surface area contributed by atoms with Gasteiger partial charge in [-0.2, -0.15) is 0 Å². The first kappa shape index (κ1) is 19.4. The summed E-state index contributed by atoms with van der Waals surface area (Å²) in [6.07, 6.45) is 1.49. The van der Waals surface area contributed by atoms with Gasteiger partial charge in [-0.1, -0.05) is 78.9 Å². The van der Waals surface area contributed by atoms with Crippen molar-refractivity contribution in [3.63, 3.8) is 0 Å². The van der Waals surface area contributed by atoms with Crippen LogP contribution in [0.15, 0.2) is 91.0 Å². The minimum absolute atomic E-state index is 0.246. The molecule has 0 aliphatic rings. The summed E-state index contributed by atoms with van der Waals surface area (Å²) in [4.78, 5) is 25.3. The normalized spacial score (nSPS) is 11.4. The third kappa shape index (κ3) is 5.55. The molecule has 3 aromatic rings. The summed E-state index contributed by atoms with van der Waals surface area (Å²) in [5.74, 6) is -1.96. The Labute approximate surface area is 164 Å². The summed E-state index contributed by atoms with van der Waals surface area (Å²) in [6, 6.07) is 27.5. The fourth-order valence-corrected chi connectivity index (χ4v) is 2.85. The van der Waals surface area contributed by atoms with E-state index in [2.05, 4.69) is 0 Å². The fourth-order valence-electron chi connectivity index (χ4n) is 2.85. The summed E-state index contributed by atoms with van der Waals surface area (Å²) < 4.78 is 10.8. The Morgan fingerprint density at radius 3 is 1.93 bits per heavy atom. The van der Waals surface area contributed by atoms with Crippen LogP contribution in [0.25, 0.3) is 0 Å². The molecule has 0 radical (unpaired) electrons. The van der Waals surface area contributed by atoms with Gasteiger partial charge in [0.05, 0.1) is 6.61 Å². The van der Waals surface area contributed by atoms with Gasteiger partial charge in [-0.25, -0.2) is 0 Å². The molecular weight excluding hydrogens is 352 g/mol. The Bertz CT molecular complexity index is 876. The summed E-state index contributed by atoms with van der Waals surface area (Å²) in [5, 5.41) is 0. The first-order valence-electron chi connectivity index (χ1n) is 9.26. The first-order valence-corrected chi connectivity index (χ1v) is 9.26. The topological polar surface area (TPSA) is 52.6 Å². The summed E-state index contributed by atoms with van der Waals surface area (Å²) in [5.41, 5.74) is 1.73. The van der Waals surface area contributed by atoms with Crippen LogP contribution in [0.1, 0.15) is 23.5 Å². The van der Waals surface area contributed by atoms with Crippen molar-refractivity contribution in [2.75, 3.05) is 6.61 Å². The molecule has 1 atom stereocenters. The number of benzene rings is 3. The molecule has 3 rings (SSSR count). The van der Waals surface area contributed by atoms with Crippen LogP contribution >= 0.6 is 0 Å². The van der Waals surface area contributed by atoms with Crippen molar-refractivity contribution in [1.29, 1.82) is 0 Å². The Morgan fingerprint density at radius 1 is 0.714 bits per heavy atom. The lowest BCUT2D eigenvalue weighted by atomic mass is 9.99. The van der Waals surface area contributed by atoms with Gasteiger partial charge in [-0.3, -0.25) is 9.59 Å². The van der Waals surface area contributed by atoms with Gasteiger partial charge >= 0.3 is 11.9 Å². The summed E-state index contributed by atoms with van der Waals surface area (Å²) in [6.45, 7) is 0.246. The standard InChI is InChI=1S/C24H22O4/c25-23(27-18-10-13-19-11-4-1-5-12-19)22(20-14-6-2-7-15-20)24(26)28-21-16-8-3-9-17-21/h1-9,11-12,14-17,22H,10,13,18H2. The highest BCUT2D eigenvalue weighted by molar-refractivity contribution is 6.01. The van der Waals surface area contributed by atoms with Gasteiger partial charge in [-0.05, 0) is 36.1 Å². The molecule has 28 heavy (non-hydrogen) atoms. The van der Waals surface area contributed by atoms with E-state index in [1.165, 1.54) is 5.56 Å². The SMILES string of the molecule is O=C(OCCCc1ccccc1)C(C(=O)Oc1ccccc1)c1ccccc1. The molecule has 0 saturated heterocycles. The van der Waals surface area contributed by atoms with E-state index in [1.807, 2.05) is 42.5 Å². The minimum Gasteiger partial charge on any atom is -0.465 e. The lowest BCUT2D eigenvalue weighted by Crippen LogP contribution is -2.28. The number of esters is 2. The number of rotatable bonds is 8. The zero-order chi connectivity index (χ0) is 19.6. The lowest BCUT2D eigenvalue weighted by Gasteiger charge is -2.15. The average Bonchev–Trinajstić information content (AvgIpc) is 2.74. The van der Waals surface area contributed by atoms with E-state index >= 15 is 0 Å². The molecule has 142 valence electrons. The number of carbonyl (C=O) groups excluding carboxylic acids is 2. The Hall–Kier alpha value is -3.40. The van der Waals surface area contributed by atoms with Crippen LogP contribution in [0.4, 0.5) is 0 Å². The van der Waals surface area contributed by atoms with Crippen LogP contribution in [0.5, 0.6) is 5.75 Å². The van der Waals surface area contributed by atoms with Crippen LogP contribution < -0.4 is 4.74 Å². The average molecular weight is 374 g/mol. The van der Waals surface area contributed by atoms with E-state index in [-0.39, 0.29) is 6.61 Å². The summed E-state index contributed by atoms with van der Waals surface area (Å²) >= 11 is 0. The molecule has 0 amide bonds. The van der Waals surface area contributed by atoms with Crippen LogP contribution in [-0.4, -0.2) is 18.5 Å². The van der Waals surface area contributed by atoms with Crippen LogP contribution in [-0.2, 0) is 20.7 Å². The number of ether oxygens (including phenoxy) is 2. The smallest absolute Gasteiger partial charge is 0.330 e. The molecule has 0 aliphatic heterocycles. The van der Waals surface area contributed by atoms with E-state index in [4.69, 9.17) is 9.47 Å². The molecule has 0 aliphatic carbocycles. The molecule has 3 aromatic carbocycles. The second-order valence-electron chi connectivity index (χ2n) is 6.33. The number of para-hydroxylation sites is 1. The molecule has 0 fully saturated rings. The summed E-state index contributed by atoms with van der Waals surface area (Å²) in [7, 11) is 0. The van der Waals surface area contributed by atoms with Gasteiger partial charge in [0, 0.05) is 0 Å². The van der Waals surface area contributed by atoms with Crippen molar-refractivity contribution in [1.82, 2.24) is 0 Å². The molecule has 1 unspecified atom stereocenters. The highest BCUT2D eigenvalue weighted by Crippen LogP contribution is 2.21. The first-order chi connectivity index (χ1) is 13.7. The molecule has 0 aromatic heterocycles. The molecule has 4 nitrogen and oxygen atoms in total. The van der Waals surface area contributed by atoms with Crippen molar-refractivity contribution >= 4 is 11.9 Å². The van der Waals surface area contributed by atoms with Gasteiger partial charge in [0.2, 0.25) is 0 Å². The van der Waals surface area contributed by atoms with Crippen molar-refractivity contribution in [3.8, 4) is 5.75 Å². The number of aryl methyl sites for hydroxylation is 1. The third-order valence-electron chi connectivity index (χ3n) is 4.26. The molecule has 0 heterocycles. The quantitative estimate of drug-likeness (QED) is 0.251. The highest BCUT2D eigenvalue weighted by Gasteiger charge is 2.32. The Morgan fingerprint density at radius 2 is 1.29 bits per heavy atom. The predicted octanol–water partition coefficient (Wildman–Crippen LogP) is 4.55. The maximum Gasteiger partial charge on any atom is 0.330 e. The third-order valence-corrected chi connectivity index (χ3v) is 4.26. The molecule has 0 N–H and O–H groups in total. The largest absolute Gasteiger partial charge is 0.465 e. The van der Waals surface area contributed by atoms with Gasteiger partial charge in [-0.15, -0.1) is 0 Å². The lowest BCUT2D eigenvalue weighted by molar-refractivity contribution is -0.153. The van der Waals surface area contributed by atoms with Crippen LogP contribution in [0.2, 0.25) is 0 Å². The maximum atomic E-state index is 12.7. The van der Waals surface area contributed by atoms with Gasteiger partial charge in [0.15, 0.2) is 5.92 Å². The molecule has 0 bridgehead atoms. The number of hydrogen-bond acceptors (Lipinski definition) is 4. The van der Waals surface area contributed by atoms with Gasteiger partial charge in [0.25, 0.3) is 0 Å². The molecular formula is C24H22O4.